The summed E-state index contributed by atoms with van der Waals surface area (Å²) in [6, 6.07) is 5.04. The Labute approximate surface area is 134 Å². The molecule has 1 aromatic rings. The maximum atomic E-state index is 12.2. The first kappa shape index (κ1) is 17.7. The van der Waals surface area contributed by atoms with Gasteiger partial charge < -0.3 is 10.1 Å². The van der Waals surface area contributed by atoms with Crippen LogP contribution in [-0.4, -0.2) is 34.7 Å². The summed E-state index contributed by atoms with van der Waals surface area (Å²) in [4.78, 5) is 0.228. The summed E-state index contributed by atoms with van der Waals surface area (Å²) >= 11 is 3.26. The second kappa shape index (κ2) is 7.61. The van der Waals surface area contributed by atoms with Crippen LogP contribution in [0, 0.1) is 0 Å². The molecule has 1 saturated heterocycles. The molecule has 0 saturated carbocycles. The van der Waals surface area contributed by atoms with Crippen molar-refractivity contribution in [2.75, 3.05) is 20.2 Å². The number of ether oxygens (including phenoxy) is 1. The largest absolute Gasteiger partial charge is 0.497 e. The van der Waals surface area contributed by atoms with Gasteiger partial charge in [-0.2, -0.15) is 0 Å². The number of nitrogens with one attached hydrogen (secondary N) is 2. The number of sulfonamides is 1. The molecule has 0 amide bonds. The molecule has 0 bridgehead atoms. The Balaban J connectivity index is 0.00000200. The summed E-state index contributed by atoms with van der Waals surface area (Å²) in [5, 5.41) is 3.25. The summed E-state index contributed by atoms with van der Waals surface area (Å²) in [7, 11) is -1.95. The third kappa shape index (κ3) is 4.33. The number of hydrogen-bond donors (Lipinski definition) is 2. The van der Waals surface area contributed by atoms with E-state index in [0.717, 1.165) is 19.4 Å². The van der Waals surface area contributed by atoms with Crippen LogP contribution >= 0.6 is 28.3 Å². The molecule has 1 heterocycles. The van der Waals surface area contributed by atoms with Crippen LogP contribution in [-0.2, 0) is 10.0 Å². The van der Waals surface area contributed by atoms with Crippen LogP contribution in [0.3, 0.4) is 0 Å². The first-order valence-electron chi connectivity index (χ1n) is 6.09. The molecule has 1 aliphatic rings. The van der Waals surface area contributed by atoms with Crippen molar-refractivity contribution in [2.24, 2.45) is 0 Å². The van der Waals surface area contributed by atoms with E-state index in [1.807, 2.05) is 0 Å². The zero-order chi connectivity index (χ0) is 13.9. The Hall–Kier alpha value is -0.340. The van der Waals surface area contributed by atoms with Gasteiger partial charge in [-0.25, -0.2) is 13.1 Å². The van der Waals surface area contributed by atoms with Gasteiger partial charge in [0, 0.05) is 17.1 Å². The number of methoxy groups -OCH3 is 1. The molecule has 0 radical (unpaired) electrons. The Morgan fingerprint density at radius 1 is 1.50 bits per heavy atom. The molecule has 0 aliphatic carbocycles. The smallest absolute Gasteiger partial charge is 0.241 e. The molecule has 0 aromatic heterocycles. The molecule has 114 valence electrons. The van der Waals surface area contributed by atoms with Gasteiger partial charge in [0.1, 0.15) is 5.75 Å². The van der Waals surface area contributed by atoms with Gasteiger partial charge in [-0.1, -0.05) is 0 Å². The highest BCUT2D eigenvalue weighted by molar-refractivity contribution is 9.10. The SMILES string of the molecule is COc1ccc(S(=O)(=O)NCC2CCCN2)c(Br)c1.Cl. The lowest BCUT2D eigenvalue weighted by atomic mass is 10.2. The molecule has 1 atom stereocenters. The second-order valence-corrected chi connectivity index (χ2v) is 7.03. The molecular formula is C12H18BrClN2O3S. The van der Waals surface area contributed by atoms with Crippen molar-refractivity contribution in [1.82, 2.24) is 10.0 Å². The van der Waals surface area contributed by atoms with Crippen molar-refractivity contribution < 1.29 is 13.2 Å². The summed E-state index contributed by atoms with van der Waals surface area (Å²) < 4.78 is 32.6. The van der Waals surface area contributed by atoms with E-state index in [0.29, 0.717) is 16.8 Å². The molecule has 1 fully saturated rings. The van der Waals surface area contributed by atoms with Gasteiger partial charge in [-0.3, -0.25) is 0 Å². The van der Waals surface area contributed by atoms with E-state index < -0.39 is 10.0 Å². The highest BCUT2D eigenvalue weighted by atomic mass is 79.9. The summed E-state index contributed by atoms with van der Waals surface area (Å²) in [6.45, 7) is 1.37. The molecule has 2 rings (SSSR count). The number of rotatable bonds is 5. The quantitative estimate of drug-likeness (QED) is 0.812. The van der Waals surface area contributed by atoms with Gasteiger partial charge in [0.05, 0.1) is 12.0 Å². The average Bonchev–Trinajstić information content (AvgIpc) is 2.89. The van der Waals surface area contributed by atoms with Crippen molar-refractivity contribution in [3.63, 3.8) is 0 Å². The molecule has 1 aromatic carbocycles. The minimum absolute atomic E-state index is 0. The van der Waals surface area contributed by atoms with Crippen molar-refractivity contribution in [3.8, 4) is 5.75 Å². The summed E-state index contributed by atoms with van der Waals surface area (Å²) in [5.74, 6) is 0.614. The monoisotopic (exact) mass is 384 g/mol. The fourth-order valence-electron chi connectivity index (χ4n) is 2.05. The highest BCUT2D eigenvalue weighted by Crippen LogP contribution is 2.26. The first-order valence-corrected chi connectivity index (χ1v) is 8.37. The lowest BCUT2D eigenvalue weighted by molar-refractivity contribution is 0.414. The molecule has 8 heteroatoms. The van der Waals surface area contributed by atoms with Crippen molar-refractivity contribution in [3.05, 3.63) is 22.7 Å². The van der Waals surface area contributed by atoms with Crippen LogP contribution in [0.5, 0.6) is 5.75 Å². The first-order chi connectivity index (χ1) is 9.03. The Bertz CT molecular complexity index is 548. The van der Waals surface area contributed by atoms with Crippen LogP contribution < -0.4 is 14.8 Å². The van der Waals surface area contributed by atoms with E-state index in [-0.39, 0.29) is 23.3 Å². The minimum Gasteiger partial charge on any atom is -0.497 e. The van der Waals surface area contributed by atoms with Gasteiger partial charge in [-0.15, -0.1) is 12.4 Å². The van der Waals surface area contributed by atoms with Crippen LogP contribution in [0.2, 0.25) is 0 Å². The topological polar surface area (TPSA) is 67.4 Å². The van der Waals surface area contributed by atoms with Crippen LogP contribution in [0.4, 0.5) is 0 Å². The van der Waals surface area contributed by atoms with E-state index in [4.69, 9.17) is 4.74 Å². The Morgan fingerprint density at radius 2 is 2.25 bits per heavy atom. The lowest BCUT2D eigenvalue weighted by Gasteiger charge is -2.13. The molecule has 1 aliphatic heterocycles. The lowest BCUT2D eigenvalue weighted by Crippen LogP contribution is -2.37. The Kier molecular flexibility index (Phi) is 6.74. The van der Waals surface area contributed by atoms with Crippen LogP contribution in [0.25, 0.3) is 0 Å². The molecule has 0 spiro atoms. The number of benzene rings is 1. The highest BCUT2D eigenvalue weighted by Gasteiger charge is 2.21. The standard InChI is InChI=1S/C12H17BrN2O3S.ClH/c1-18-10-4-5-12(11(13)7-10)19(16,17)15-8-9-3-2-6-14-9;/h4-5,7,9,14-15H,2-3,6,8H2,1H3;1H. The summed E-state index contributed by atoms with van der Waals surface area (Å²) in [5.41, 5.74) is 0. The molecule has 20 heavy (non-hydrogen) atoms. The predicted octanol–water partition coefficient (Wildman–Crippen LogP) is 1.91. The third-order valence-electron chi connectivity index (χ3n) is 3.11. The average molecular weight is 386 g/mol. The van der Waals surface area contributed by atoms with Crippen LogP contribution in [0.1, 0.15) is 12.8 Å². The number of hydrogen-bond acceptors (Lipinski definition) is 4. The fourth-order valence-corrected chi connectivity index (χ4v) is 4.18. The van der Waals surface area contributed by atoms with Crippen molar-refractivity contribution in [2.45, 2.75) is 23.8 Å². The van der Waals surface area contributed by atoms with E-state index >= 15 is 0 Å². The summed E-state index contributed by atoms with van der Waals surface area (Å²) in [6.07, 6.45) is 2.10. The zero-order valence-electron chi connectivity index (χ0n) is 11.1. The maximum absolute atomic E-state index is 12.2. The third-order valence-corrected chi connectivity index (χ3v) is 5.51. The van der Waals surface area contributed by atoms with Crippen molar-refractivity contribution in [1.29, 1.82) is 0 Å². The maximum Gasteiger partial charge on any atom is 0.241 e. The molecule has 1 unspecified atom stereocenters. The van der Waals surface area contributed by atoms with E-state index in [9.17, 15) is 8.42 Å². The number of halogens is 2. The zero-order valence-corrected chi connectivity index (χ0v) is 14.3. The predicted molar refractivity (Wildman–Crippen MR) is 84.2 cm³/mol. The van der Waals surface area contributed by atoms with Crippen LogP contribution in [0.15, 0.2) is 27.6 Å². The fraction of sp³-hybridized carbons (Fsp3) is 0.500. The van der Waals surface area contributed by atoms with E-state index in [2.05, 4.69) is 26.0 Å². The van der Waals surface area contributed by atoms with Gasteiger partial charge in [0.25, 0.3) is 0 Å². The van der Waals surface area contributed by atoms with Gasteiger partial charge >= 0.3 is 0 Å². The molecule has 2 N–H and O–H groups in total. The van der Waals surface area contributed by atoms with Gasteiger partial charge in [-0.05, 0) is 53.5 Å². The van der Waals surface area contributed by atoms with E-state index in [1.54, 1.807) is 19.2 Å². The Morgan fingerprint density at radius 3 is 2.80 bits per heavy atom. The minimum atomic E-state index is -3.50. The molecular weight excluding hydrogens is 368 g/mol. The normalized spacial score (nSPS) is 18.6. The second-order valence-electron chi connectivity index (χ2n) is 4.44. The van der Waals surface area contributed by atoms with Gasteiger partial charge in [0.15, 0.2) is 0 Å². The molecule has 5 nitrogen and oxygen atoms in total. The van der Waals surface area contributed by atoms with E-state index in [1.165, 1.54) is 6.07 Å². The van der Waals surface area contributed by atoms with Crippen molar-refractivity contribution >= 4 is 38.4 Å². The van der Waals surface area contributed by atoms with Gasteiger partial charge in [0.2, 0.25) is 10.0 Å².